The van der Waals surface area contributed by atoms with E-state index >= 15 is 0 Å². The highest BCUT2D eigenvalue weighted by Crippen LogP contribution is 2.45. The zero-order valence-corrected chi connectivity index (χ0v) is 27.1. The Kier molecular flexibility index (Phi) is 9.23. The van der Waals surface area contributed by atoms with Gasteiger partial charge in [-0.15, -0.1) is 10.2 Å². The van der Waals surface area contributed by atoms with Crippen molar-refractivity contribution in [2.24, 2.45) is 0 Å². The van der Waals surface area contributed by atoms with Crippen molar-refractivity contribution in [3.8, 4) is 11.5 Å². The van der Waals surface area contributed by atoms with Crippen LogP contribution in [0.15, 0.2) is 76.6 Å². The molecule has 0 aliphatic carbocycles. The van der Waals surface area contributed by atoms with Crippen LogP contribution >= 0.6 is 23.1 Å². The molecule has 1 amide bonds. The SMILES string of the molecule is CCCCCOc1ccc(C2/C(=C(\O)c3ccc4c(c3)CC(C)O4)C(=O)C(=O)N2c2nnc(SCc3ccc(C)cc3)s2)cc1. The summed E-state index contributed by atoms with van der Waals surface area (Å²) in [7, 11) is 0. The second kappa shape index (κ2) is 13.5. The molecule has 6 rings (SSSR count). The summed E-state index contributed by atoms with van der Waals surface area (Å²) in [6, 6.07) is 20.1. The van der Waals surface area contributed by atoms with Crippen molar-refractivity contribution >= 4 is 45.7 Å². The van der Waals surface area contributed by atoms with E-state index in [4.69, 9.17) is 9.47 Å². The molecular formula is C35H35N3O5S2. The average molecular weight is 642 g/mol. The largest absolute Gasteiger partial charge is 0.507 e. The monoisotopic (exact) mass is 641 g/mol. The molecule has 8 nitrogen and oxygen atoms in total. The fraction of sp³-hybridized carbons (Fsp3) is 0.314. The third kappa shape index (κ3) is 6.62. The van der Waals surface area contributed by atoms with Crippen LogP contribution in [0.25, 0.3) is 5.76 Å². The van der Waals surface area contributed by atoms with Crippen molar-refractivity contribution < 1.29 is 24.2 Å². The molecule has 1 fully saturated rings. The van der Waals surface area contributed by atoms with E-state index in [1.807, 2.05) is 44.2 Å². The Bertz CT molecular complexity index is 1730. The molecule has 232 valence electrons. The number of ketones is 1. The lowest BCUT2D eigenvalue weighted by Gasteiger charge is -2.22. The Morgan fingerprint density at radius 2 is 1.84 bits per heavy atom. The summed E-state index contributed by atoms with van der Waals surface area (Å²) in [5.41, 5.74) is 4.40. The molecule has 3 heterocycles. The summed E-state index contributed by atoms with van der Waals surface area (Å²) in [5.74, 6) is 0.386. The standard InChI is InChI=1S/C35H35N3O5S2/c1-4-5-6-17-42-27-14-11-24(12-15-27)30-29(31(39)25-13-16-28-26(19-25)18-22(3)43-28)32(40)33(41)38(30)34-36-37-35(45-34)44-20-23-9-7-21(2)8-10-23/h7-16,19,22,30,39H,4-6,17-18,20H2,1-3H3/b31-29+. The molecule has 45 heavy (non-hydrogen) atoms. The number of hydrogen-bond acceptors (Lipinski definition) is 9. The number of aliphatic hydroxyl groups excluding tert-OH is 1. The van der Waals surface area contributed by atoms with Crippen LogP contribution in [0.2, 0.25) is 0 Å². The Morgan fingerprint density at radius 1 is 1.07 bits per heavy atom. The number of thioether (sulfide) groups is 1. The number of Topliss-reactive ketones (excluding diaryl/α,β-unsaturated/α-hetero) is 1. The number of unbranched alkanes of at least 4 members (excludes halogenated alkanes) is 2. The number of carbonyl (C=O) groups excluding carboxylic acids is 2. The second-order valence-corrected chi connectivity index (χ2v) is 13.6. The van der Waals surface area contributed by atoms with E-state index in [0.717, 1.165) is 36.1 Å². The van der Waals surface area contributed by atoms with Crippen LogP contribution in [-0.2, 0) is 21.8 Å². The Balaban J connectivity index is 1.34. The number of nitrogens with zero attached hydrogens (tertiary/aromatic N) is 3. The number of benzene rings is 3. The Hall–Kier alpha value is -4.15. The van der Waals surface area contributed by atoms with Gasteiger partial charge in [0.05, 0.1) is 18.2 Å². The van der Waals surface area contributed by atoms with E-state index in [0.29, 0.717) is 45.1 Å². The number of aliphatic hydroxyl groups is 1. The molecule has 2 aliphatic heterocycles. The van der Waals surface area contributed by atoms with Crippen molar-refractivity contribution in [1.29, 1.82) is 0 Å². The average Bonchev–Trinajstić information content (AvgIpc) is 3.73. The topological polar surface area (TPSA) is 102 Å². The smallest absolute Gasteiger partial charge is 0.301 e. The summed E-state index contributed by atoms with van der Waals surface area (Å²) in [6.45, 7) is 6.79. The summed E-state index contributed by atoms with van der Waals surface area (Å²) >= 11 is 2.77. The number of fused-ring (bicyclic) bond motifs is 1. The molecule has 0 saturated carbocycles. The lowest BCUT2D eigenvalue weighted by atomic mass is 9.94. The quantitative estimate of drug-likeness (QED) is 0.0445. The molecule has 0 spiro atoms. The van der Waals surface area contributed by atoms with E-state index in [1.165, 1.54) is 33.6 Å². The van der Waals surface area contributed by atoms with Crippen LogP contribution < -0.4 is 14.4 Å². The molecule has 2 unspecified atom stereocenters. The van der Waals surface area contributed by atoms with Gasteiger partial charge in [-0.25, -0.2) is 0 Å². The predicted molar refractivity (Wildman–Crippen MR) is 177 cm³/mol. The van der Waals surface area contributed by atoms with E-state index in [-0.39, 0.29) is 17.4 Å². The van der Waals surface area contributed by atoms with E-state index in [9.17, 15) is 14.7 Å². The third-order valence-electron chi connectivity index (χ3n) is 7.91. The summed E-state index contributed by atoms with van der Waals surface area (Å²) in [5, 5.41) is 20.6. The van der Waals surface area contributed by atoms with Gasteiger partial charge in [-0.1, -0.05) is 84.8 Å². The number of amides is 1. The van der Waals surface area contributed by atoms with Crippen LogP contribution in [0.1, 0.15) is 67.0 Å². The first-order valence-electron chi connectivity index (χ1n) is 15.2. The fourth-order valence-corrected chi connectivity index (χ4v) is 7.37. The normalized spacial score (nSPS) is 18.7. The molecule has 1 saturated heterocycles. The zero-order valence-electron chi connectivity index (χ0n) is 25.5. The fourth-order valence-electron chi connectivity index (χ4n) is 5.55. The third-order valence-corrected chi connectivity index (χ3v) is 10.0. The van der Waals surface area contributed by atoms with Crippen LogP contribution in [0.5, 0.6) is 11.5 Å². The van der Waals surface area contributed by atoms with E-state index in [1.54, 1.807) is 12.1 Å². The molecule has 4 aromatic rings. The van der Waals surface area contributed by atoms with Crippen molar-refractivity contribution in [3.05, 3.63) is 100 Å². The molecule has 2 aliphatic rings. The molecule has 1 aromatic heterocycles. The number of anilines is 1. The molecule has 10 heteroatoms. The maximum Gasteiger partial charge on any atom is 0.301 e. The number of hydrogen-bond donors (Lipinski definition) is 1. The van der Waals surface area contributed by atoms with Crippen molar-refractivity contribution in [3.63, 3.8) is 0 Å². The number of ether oxygens (including phenoxy) is 2. The van der Waals surface area contributed by atoms with Crippen molar-refractivity contribution in [2.45, 2.75) is 68.7 Å². The van der Waals surface area contributed by atoms with Crippen LogP contribution in [-0.4, -0.2) is 39.7 Å². The van der Waals surface area contributed by atoms with Gasteiger partial charge in [0, 0.05) is 17.7 Å². The number of rotatable bonds is 11. The molecule has 2 atom stereocenters. The van der Waals surface area contributed by atoms with Gasteiger partial charge in [0.2, 0.25) is 5.13 Å². The van der Waals surface area contributed by atoms with Gasteiger partial charge in [-0.2, -0.15) is 0 Å². The lowest BCUT2D eigenvalue weighted by molar-refractivity contribution is -0.132. The number of carbonyl (C=O) groups is 2. The van der Waals surface area contributed by atoms with Gasteiger partial charge in [-0.3, -0.25) is 14.5 Å². The van der Waals surface area contributed by atoms with E-state index < -0.39 is 17.7 Å². The van der Waals surface area contributed by atoms with Crippen molar-refractivity contribution in [2.75, 3.05) is 11.5 Å². The van der Waals surface area contributed by atoms with Gasteiger partial charge in [0.15, 0.2) is 4.34 Å². The number of aromatic nitrogens is 2. The van der Waals surface area contributed by atoms with Gasteiger partial charge in [0.25, 0.3) is 5.78 Å². The molecule has 0 radical (unpaired) electrons. The first kappa shape index (κ1) is 30.9. The molecule has 3 aromatic carbocycles. The summed E-state index contributed by atoms with van der Waals surface area (Å²) in [6.07, 6.45) is 3.88. The molecule has 1 N–H and O–H groups in total. The van der Waals surface area contributed by atoms with Gasteiger partial charge in [0.1, 0.15) is 23.4 Å². The van der Waals surface area contributed by atoms with Crippen LogP contribution in [0.3, 0.4) is 0 Å². The summed E-state index contributed by atoms with van der Waals surface area (Å²) < 4.78 is 12.4. The van der Waals surface area contributed by atoms with Crippen LogP contribution in [0, 0.1) is 6.92 Å². The summed E-state index contributed by atoms with van der Waals surface area (Å²) in [4.78, 5) is 28.7. The lowest BCUT2D eigenvalue weighted by Crippen LogP contribution is -2.29. The van der Waals surface area contributed by atoms with Crippen molar-refractivity contribution in [1.82, 2.24) is 10.2 Å². The number of aryl methyl sites for hydroxylation is 1. The van der Waals surface area contributed by atoms with Gasteiger partial charge < -0.3 is 14.6 Å². The zero-order chi connectivity index (χ0) is 31.5. The van der Waals surface area contributed by atoms with Gasteiger partial charge in [-0.05, 0) is 67.3 Å². The molecule has 0 bridgehead atoms. The highest BCUT2D eigenvalue weighted by atomic mass is 32.2. The first-order valence-corrected chi connectivity index (χ1v) is 17.0. The minimum absolute atomic E-state index is 0.00702. The highest BCUT2D eigenvalue weighted by Gasteiger charge is 2.48. The maximum absolute atomic E-state index is 13.7. The minimum atomic E-state index is -0.898. The first-order chi connectivity index (χ1) is 21.8. The maximum atomic E-state index is 13.7. The Morgan fingerprint density at radius 3 is 2.60 bits per heavy atom. The van der Waals surface area contributed by atoms with Crippen LogP contribution in [0.4, 0.5) is 5.13 Å². The van der Waals surface area contributed by atoms with E-state index in [2.05, 4.69) is 41.4 Å². The molecular weight excluding hydrogens is 607 g/mol. The van der Waals surface area contributed by atoms with Gasteiger partial charge >= 0.3 is 5.91 Å². The minimum Gasteiger partial charge on any atom is -0.507 e. The predicted octanol–water partition coefficient (Wildman–Crippen LogP) is 7.66. The highest BCUT2D eigenvalue weighted by molar-refractivity contribution is 8.00. The Labute approximate surface area is 271 Å². The second-order valence-electron chi connectivity index (χ2n) is 11.4.